The van der Waals surface area contributed by atoms with Crippen LogP contribution < -0.4 is 0 Å². The summed E-state index contributed by atoms with van der Waals surface area (Å²) in [4.78, 5) is 0. The van der Waals surface area contributed by atoms with Gasteiger partial charge in [-0.3, -0.25) is 4.55 Å². The Hall–Kier alpha value is -0.870. The Labute approximate surface area is 317 Å². The largest absolute Gasteiger partial charge is 0.397 e. The molecule has 0 radical (unpaired) electrons. The normalized spacial score (nSPS) is 51.1. The molecule has 0 bridgehead atoms. The second-order valence-corrected chi connectivity index (χ2v) is 19.0. The lowest BCUT2D eigenvalue weighted by Gasteiger charge is -2.66. The zero-order chi connectivity index (χ0) is 39.7. The van der Waals surface area contributed by atoms with Gasteiger partial charge >= 0.3 is 10.4 Å². The van der Waals surface area contributed by atoms with E-state index in [1.54, 1.807) is 0 Å². The smallest absolute Gasteiger partial charge is 0.393 e. The summed E-state index contributed by atoms with van der Waals surface area (Å²) < 4.78 is 59.4. The van der Waals surface area contributed by atoms with Gasteiger partial charge in [-0.15, -0.1) is 0 Å². The Morgan fingerprint density at radius 2 is 1.43 bits per heavy atom. The second-order valence-electron chi connectivity index (χ2n) is 18.0. The molecule has 54 heavy (non-hydrogen) atoms. The summed E-state index contributed by atoms with van der Waals surface area (Å²) in [6.45, 7) is 9.54. The predicted octanol–water partition coefficient (Wildman–Crippen LogP) is 0.0256. The van der Waals surface area contributed by atoms with Crippen LogP contribution in [0.4, 0.5) is 0 Å². The van der Waals surface area contributed by atoms with Crippen LogP contribution in [0, 0.1) is 46.3 Å². The van der Waals surface area contributed by atoms with Gasteiger partial charge in [0.15, 0.2) is 12.6 Å². The van der Waals surface area contributed by atoms with E-state index in [0.717, 1.165) is 6.42 Å². The van der Waals surface area contributed by atoms with Crippen LogP contribution in [0.15, 0.2) is 12.2 Å². The second kappa shape index (κ2) is 15.7. The molecule has 6 rings (SSSR count). The summed E-state index contributed by atoms with van der Waals surface area (Å²) in [5.74, 6) is -1.12. The molecule has 9 N–H and O–H groups in total. The zero-order valence-electron chi connectivity index (χ0n) is 31.7. The first kappa shape index (κ1) is 42.7. The van der Waals surface area contributed by atoms with Gasteiger partial charge < -0.3 is 59.8 Å². The summed E-state index contributed by atoms with van der Waals surface area (Å²) >= 11 is 0. The molecule has 17 heteroatoms. The van der Waals surface area contributed by atoms with Crippen LogP contribution in [0.1, 0.15) is 79.6 Å². The van der Waals surface area contributed by atoms with Gasteiger partial charge in [0.2, 0.25) is 0 Å². The summed E-state index contributed by atoms with van der Waals surface area (Å²) in [7, 11) is -4.97. The van der Waals surface area contributed by atoms with Gasteiger partial charge in [0.25, 0.3) is 0 Å². The molecule has 4 saturated carbocycles. The molecule has 16 nitrogen and oxygen atoms in total. The summed E-state index contributed by atoms with van der Waals surface area (Å²) in [6.07, 6.45) is -6.50. The molecular formula is C37H62O16S. The average molecular weight is 795 g/mol. The van der Waals surface area contributed by atoms with E-state index in [2.05, 4.69) is 18.0 Å². The van der Waals surface area contributed by atoms with Gasteiger partial charge in [0.05, 0.1) is 43.2 Å². The zero-order valence-corrected chi connectivity index (χ0v) is 32.5. The number of fused-ring (bicyclic) bond motifs is 5. The van der Waals surface area contributed by atoms with Gasteiger partial charge in [0, 0.05) is 12.3 Å². The molecule has 0 aromatic carbocycles. The van der Waals surface area contributed by atoms with Crippen LogP contribution in [0.25, 0.3) is 0 Å². The van der Waals surface area contributed by atoms with Gasteiger partial charge in [-0.25, -0.2) is 4.18 Å². The molecule has 0 aromatic heterocycles. The van der Waals surface area contributed by atoms with Crippen LogP contribution >= 0.6 is 0 Å². The summed E-state index contributed by atoms with van der Waals surface area (Å²) in [6, 6.07) is 0. The molecule has 0 amide bonds. The van der Waals surface area contributed by atoms with Crippen molar-refractivity contribution in [1.82, 2.24) is 0 Å². The van der Waals surface area contributed by atoms with E-state index in [1.807, 2.05) is 32.9 Å². The van der Waals surface area contributed by atoms with Crippen LogP contribution in [0.3, 0.4) is 0 Å². The maximum absolute atomic E-state index is 12.8. The third-order valence-corrected chi connectivity index (χ3v) is 14.8. The van der Waals surface area contributed by atoms with Crippen molar-refractivity contribution in [2.75, 3.05) is 13.2 Å². The highest BCUT2D eigenvalue weighted by Gasteiger charge is 2.71. The first-order chi connectivity index (χ1) is 25.1. The average Bonchev–Trinajstić information content (AvgIpc) is 3.36. The van der Waals surface area contributed by atoms with Crippen molar-refractivity contribution in [1.29, 1.82) is 0 Å². The van der Waals surface area contributed by atoms with Crippen molar-refractivity contribution in [2.24, 2.45) is 46.3 Å². The first-order valence-electron chi connectivity index (χ1n) is 19.5. The van der Waals surface area contributed by atoms with Crippen molar-refractivity contribution in [3.05, 3.63) is 12.2 Å². The number of rotatable bonds is 10. The summed E-state index contributed by atoms with van der Waals surface area (Å²) in [5.41, 5.74) is -2.24. The molecule has 0 spiro atoms. The Morgan fingerprint density at radius 3 is 2.09 bits per heavy atom. The van der Waals surface area contributed by atoms with Crippen molar-refractivity contribution in [3.8, 4) is 0 Å². The third kappa shape index (κ3) is 7.83. The maximum Gasteiger partial charge on any atom is 0.397 e. The fourth-order valence-electron chi connectivity index (χ4n) is 11.7. The topological polar surface area (TPSA) is 262 Å². The molecule has 6 aliphatic rings. The SMILES string of the molecule is CC(C)[C@H](/C=C/[C@@H](C)[C@H]1C[C@@H](O)[C@@H]2[C@]1(C)CC[C@@H]1[C@@]3(C)CC[C@H](O[C@@H]4OC[C@H](O)[C@H](O)[C@H]4O)C[C@@H]3[C@@H](O)C[C@]12O)O[C@@H]1OC[C@@H](O)[C@H](OS(=O)(=O)O)[C@H]1O. The van der Waals surface area contributed by atoms with Gasteiger partial charge in [0.1, 0.15) is 36.6 Å². The number of aliphatic hydroxyl groups is 8. The number of hydrogen-bond donors (Lipinski definition) is 9. The van der Waals surface area contributed by atoms with Gasteiger partial charge in [-0.05, 0) is 78.9 Å². The highest BCUT2D eigenvalue weighted by molar-refractivity contribution is 7.80. The minimum Gasteiger partial charge on any atom is -0.393 e. The Balaban J connectivity index is 1.14. The Morgan fingerprint density at radius 1 is 0.778 bits per heavy atom. The molecular weight excluding hydrogens is 732 g/mol. The number of allylic oxidation sites excluding steroid dienone is 1. The van der Waals surface area contributed by atoms with E-state index < -0.39 is 107 Å². The standard InChI is InChI=1S/C37H62O16S/c1-17(2)26(52-34-30(44)31(25(41)16-50-34)53-54(46,47)48)7-6-18(3)20-13-22(38)32-36(20,5)11-9-27-35(4)10-8-19(12-21(35)23(39)14-37(27,32)45)51-33-29(43)28(42)24(40)15-49-33/h6-7,17-34,38-45H,8-16H2,1-5H3,(H,46,47,48)/b7-6+/t18-,19+,20-,21-,22-,23+,24+,25-,26+,27-,28+,29-,30-,31+,32-,33+,34+,35+,36-,37+/m1/s1. The van der Waals surface area contributed by atoms with E-state index in [9.17, 15) is 49.3 Å². The van der Waals surface area contributed by atoms with Crippen LogP contribution in [0.5, 0.6) is 0 Å². The van der Waals surface area contributed by atoms with Crippen molar-refractivity contribution in [2.45, 2.75) is 159 Å². The fourth-order valence-corrected chi connectivity index (χ4v) is 12.2. The first-order valence-corrected chi connectivity index (χ1v) is 20.8. The van der Waals surface area contributed by atoms with E-state index in [4.69, 9.17) is 23.5 Å². The van der Waals surface area contributed by atoms with E-state index in [-0.39, 0.29) is 48.7 Å². The molecule has 2 saturated heterocycles. The molecule has 4 aliphatic carbocycles. The van der Waals surface area contributed by atoms with Crippen LogP contribution in [0.2, 0.25) is 0 Å². The summed E-state index contributed by atoms with van der Waals surface area (Å²) in [5, 5.41) is 87.6. The van der Waals surface area contributed by atoms with Crippen molar-refractivity contribution >= 4 is 10.4 Å². The molecule has 20 atom stereocenters. The van der Waals surface area contributed by atoms with Crippen molar-refractivity contribution < 1.29 is 77.0 Å². The highest BCUT2D eigenvalue weighted by Crippen LogP contribution is 2.70. The quantitative estimate of drug-likeness (QED) is 0.0803. The van der Waals surface area contributed by atoms with Gasteiger partial charge in [-0.1, -0.05) is 46.8 Å². The Bertz CT molecular complexity index is 1450. The Kier molecular flexibility index (Phi) is 12.4. The lowest BCUT2D eigenvalue weighted by molar-refractivity contribution is -0.300. The lowest BCUT2D eigenvalue weighted by atomic mass is 9.42. The minimum atomic E-state index is -4.97. The lowest BCUT2D eigenvalue weighted by Crippen LogP contribution is -2.68. The maximum atomic E-state index is 12.8. The number of ether oxygens (including phenoxy) is 4. The van der Waals surface area contributed by atoms with Gasteiger partial charge in [-0.2, -0.15) is 8.42 Å². The molecule has 312 valence electrons. The third-order valence-electron chi connectivity index (χ3n) is 14.3. The monoisotopic (exact) mass is 794 g/mol. The van der Waals surface area contributed by atoms with Crippen LogP contribution in [-0.4, -0.2) is 146 Å². The molecule has 2 aliphatic heterocycles. The predicted molar refractivity (Wildman–Crippen MR) is 188 cm³/mol. The fraction of sp³-hybridized carbons (Fsp3) is 0.946. The number of aliphatic hydroxyl groups excluding tert-OH is 7. The van der Waals surface area contributed by atoms with E-state index in [0.29, 0.717) is 32.1 Å². The highest BCUT2D eigenvalue weighted by atomic mass is 32.3. The van der Waals surface area contributed by atoms with Crippen LogP contribution in [-0.2, 0) is 33.5 Å². The molecule has 0 unspecified atom stereocenters. The van der Waals surface area contributed by atoms with E-state index >= 15 is 0 Å². The van der Waals surface area contributed by atoms with Crippen molar-refractivity contribution in [3.63, 3.8) is 0 Å². The minimum absolute atomic E-state index is 0.0339. The molecule has 2 heterocycles. The van der Waals surface area contributed by atoms with E-state index in [1.165, 1.54) is 0 Å². The number of hydrogen-bond acceptors (Lipinski definition) is 15. The molecule has 6 fully saturated rings. The molecule has 0 aromatic rings.